The number of nitrogens with one attached hydrogen (secondary N) is 2. The van der Waals surface area contributed by atoms with E-state index in [0.717, 1.165) is 31.7 Å². The van der Waals surface area contributed by atoms with Crippen LogP contribution in [0.2, 0.25) is 0 Å². The largest absolute Gasteiger partial charge is 0.384 e. The van der Waals surface area contributed by atoms with Crippen LogP contribution in [0.5, 0.6) is 0 Å². The molecule has 0 aliphatic rings. The van der Waals surface area contributed by atoms with Crippen LogP contribution >= 0.6 is 0 Å². The van der Waals surface area contributed by atoms with E-state index in [0.29, 0.717) is 12.5 Å². The highest BCUT2D eigenvalue weighted by Crippen LogP contribution is 2.20. The monoisotopic (exact) mass is 321 g/mol. The summed E-state index contributed by atoms with van der Waals surface area (Å²) in [5.74, 6) is 0.716. The van der Waals surface area contributed by atoms with E-state index in [2.05, 4.69) is 15.6 Å². The zero-order valence-corrected chi connectivity index (χ0v) is 14.8. The molecule has 0 aromatic heterocycles. The van der Waals surface area contributed by atoms with Gasteiger partial charge < -0.3 is 20.5 Å². The number of hydrogen-bond acceptors (Lipinski definition) is 3. The van der Waals surface area contributed by atoms with Crippen molar-refractivity contribution in [2.24, 2.45) is 4.99 Å². The number of rotatable bonds is 9. The topological polar surface area (TPSA) is 65.9 Å². The second-order valence-corrected chi connectivity index (χ2v) is 6.03. The minimum atomic E-state index is -0.982. The lowest BCUT2D eigenvalue weighted by atomic mass is 9.96. The quantitative estimate of drug-likeness (QED) is 0.371. The SMILES string of the molecule is CCNC(=NCC(C)(O)c1ccccc1)NCCCOC(C)C. The third-order valence-electron chi connectivity index (χ3n) is 3.35. The Morgan fingerprint density at radius 1 is 1.26 bits per heavy atom. The highest BCUT2D eigenvalue weighted by Gasteiger charge is 2.22. The number of aliphatic imine (C=N–C) groups is 1. The van der Waals surface area contributed by atoms with Gasteiger partial charge >= 0.3 is 0 Å². The number of nitrogens with zero attached hydrogens (tertiary/aromatic N) is 1. The first-order valence-electron chi connectivity index (χ1n) is 8.37. The average Bonchev–Trinajstić information content (AvgIpc) is 2.53. The van der Waals surface area contributed by atoms with E-state index in [1.807, 2.05) is 51.1 Å². The van der Waals surface area contributed by atoms with Gasteiger partial charge in [-0.2, -0.15) is 0 Å². The number of ether oxygens (including phenoxy) is 1. The van der Waals surface area contributed by atoms with Crippen molar-refractivity contribution in [1.82, 2.24) is 10.6 Å². The molecule has 1 unspecified atom stereocenters. The summed E-state index contributed by atoms with van der Waals surface area (Å²) in [6.07, 6.45) is 1.18. The second kappa shape index (κ2) is 10.2. The Morgan fingerprint density at radius 3 is 2.57 bits per heavy atom. The van der Waals surface area contributed by atoms with Gasteiger partial charge in [-0.15, -0.1) is 0 Å². The molecule has 130 valence electrons. The van der Waals surface area contributed by atoms with Gasteiger partial charge in [-0.25, -0.2) is 4.99 Å². The third kappa shape index (κ3) is 8.00. The van der Waals surface area contributed by atoms with Crippen LogP contribution in [-0.4, -0.2) is 43.4 Å². The molecule has 0 bridgehead atoms. The zero-order valence-electron chi connectivity index (χ0n) is 14.8. The van der Waals surface area contributed by atoms with E-state index in [4.69, 9.17) is 4.74 Å². The smallest absolute Gasteiger partial charge is 0.191 e. The van der Waals surface area contributed by atoms with Crippen LogP contribution in [0.4, 0.5) is 0 Å². The van der Waals surface area contributed by atoms with Crippen LogP contribution in [-0.2, 0) is 10.3 Å². The van der Waals surface area contributed by atoms with Gasteiger partial charge in [-0.05, 0) is 39.7 Å². The minimum absolute atomic E-state index is 0.262. The second-order valence-electron chi connectivity index (χ2n) is 6.03. The Bertz CT molecular complexity index is 459. The molecule has 0 saturated carbocycles. The highest BCUT2D eigenvalue weighted by molar-refractivity contribution is 5.79. The predicted octanol–water partition coefficient (Wildman–Crippen LogP) is 2.26. The summed E-state index contributed by atoms with van der Waals surface area (Å²) in [5.41, 5.74) is -0.116. The standard InChI is InChI=1S/C18H31N3O2/c1-5-19-17(20-12-9-13-23-15(2)3)21-14-18(4,22)16-10-7-6-8-11-16/h6-8,10-11,15,22H,5,9,12-14H2,1-4H3,(H2,19,20,21). The fraction of sp³-hybridized carbons (Fsp3) is 0.611. The lowest BCUT2D eigenvalue weighted by molar-refractivity contribution is 0.0671. The Morgan fingerprint density at radius 2 is 1.96 bits per heavy atom. The first-order chi connectivity index (χ1) is 11.0. The third-order valence-corrected chi connectivity index (χ3v) is 3.35. The molecule has 0 radical (unpaired) electrons. The lowest BCUT2D eigenvalue weighted by Crippen LogP contribution is -2.39. The molecule has 0 amide bonds. The molecule has 0 fully saturated rings. The summed E-state index contributed by atoms with van der Waals surface area (Å²) in [4.78, 5) is 4.50. The van der Waals surface area contributed by atoms with E-state index in [1.165, 1.54) is 0 Å². The van der Waals surface area contributed by atoms with Gasteiger partial charge in [-0.3, -0.25) is 0 Å². The van der Waals surface area contributed by atoms with Crippen molar-refractivity contribution in [2.75, 3.05) is 26.2 Å². The van der Waals surface area contributed by atoms with Crippen molar-refractivity contribution in [2.45, 2.75) is 45.8 Å². The fourth-order valence-electron chi connectivity index (χ4n) is 2.06. The van der Waals surface area contributed by atoms with Crippen LogP contribution in [0.15, 0.2) is 35.3 Å². The van der Waals surface area contributed by atoms with Crippen LogP contribution in [0.3, 0.4) is 0 Å². The van der Waals surface area contributed by atoms with E-state index in [-0.39, 0.29) is 6.10 Å². The highest BCUT2D eigenvalue weighted by atomic mass is 16.5. The van der Waals surface area contributed by atoms with E-state index in [9.17, 15) is 5.11 Å². The molecule has 1 aromatic carbocycles. The Hall–Kier alpha value is -1.59. The molecule has 1 atom stereocenters. The number of benzene rings is 1. The minimum Gasteiger partial charge on any atom is -0.384 e. The molecule has 0 aliphatic heterocycles. The maximum absolute atomic E-state index is 10.6. The van der Waals surface area contributed by atoms with Gasteiger partial charge in [0.15, 0.2) is 5.96 Å². The van der Waals surface area contributed by atoms with Crippen molar-refractivity contribution in [1.29, 1.82) is 0 Å². The number of aliphatic hydroxyl groups is 1. The Balaban J connectivity index is 2.50. The van der Waals surface area contributed by atoms with E-state index in [1.54, 1.807) is 6.92 Å². The van der Waals surface area contributed by atoms with Crippen molar-refractivity contribution >= 4 is 5.96 Å². The van der Waals surface area contributed by atoms with Gasteiger partial charge in [0, 0.05) is 19.7 Å². The van der Waals surface area contributed by atoms with Crippen molar-refractivity contribution in [3.05, 3.63) is 35.9 Å². The van der Waals surface area contributed by atoms with Crippen LogP contribution in [0, 0.1) is 0 Å². The zero-order chi connectivity index (χ0) is 17.1. The number of hydrogen-bond donors (Lipinski definition) is 3. The van der Waals surface area contributed by atoms with Crippen molar-refractivity contribution in [3.8, 4) is 0 Å². The van der Waals surface area contributed by atoms with Crippen LogP contribution < -0.4 is 10.6 Å². The summed E-state index contributed by atoms with van der Waals surface area (Å²) in [5, 5.41) is 17.1. The maximum atomic E-state index is 10.6. The normalized spacial score (nSPS) is 14.6. The van der Waals surface area contributed by atoms with Crippen molar-refractivity contribution in [3.63, 3.8) is 0 Å². The van der Waals surface area contributed by atoms with Crippen LogP contribution in [0.1, 0.15) is 39.7 Å². The van der Waals surface area contributed by atoms with Gasteiger partial charge in [0.05, 0.1) is 12.6 Å². The van der Waals surface area contributed by atoms with E-state index >= 15 is 0 Å². The Kier molecular flexibility index (Phi) is 8.66. The average molecular weight is 321 g/mol. The summed E-state index contributed by atoms with van der Waals surface area (Å²) < 4.78 is 5.52. The van der Waals surface area contributed by atoms with Gasteiger partial charge in [-0.1, -0.05) is 30.3 Å². The van der Waals surface area contributed by atoms with E-state index < -0.39 is 5.60 Å². The van der Waals surface area contributed by atoms with Gasteiger partial charge in [0.2, 0.25) is 0 Å². The maximum Gasteiger partial charge on any atom is 0.191 e. The molecule has 0 heterocycles. The molecular weight excluding hydrogens is 290 g/mol. The summed E-state index contributed by atoms with van der Waals surface area (Å²) in [6.45, 7) is 10.5. The molecule has 0 aliphatic carbocycles. The molecule has 5 heteroatoms. The fourth-order valence-corrected chi connectivity index (χ4v) is 2.06. The first-order valence-corrected chi connectivity index (χ1v) is 8.37. The van der Waals surface area contributed by atoms with Gasteiger partial charge in [0.25, 0.3) is 0 Å². The molecule has 5 nitrogen and oxygen atoms in total. The molecule has 0 saturated heterocycles. The molecule has 0 spiro atoms. The molecule has 23 heavy (non-hydrogen) atoms. The Labute approximate surface area is 140 Å². The molecular formula is C18H31N3O2. The lowest BCUT2D eigenvalue weighted by Gasteiger charge is -2.22. The summed E-state index contributed by atoms with van der Waals surface area (Å²) in [7, 11) is 0. The van der Waals surface area contributed by atoms with Gasteiger partial charge in [0.1, 0.15) is 5.60 Å². The number of guanidine groups is 1. The first kappa shape index (κ1) is 19.5. The predicted molar refractivity (Wildman–Crippen MR) is 95.7 cm³/mol. The molecule has 1 rings (SSSR count). The molecule has 3 N–H and O–H groups in total. The summed E-state index contributed by atoms with van der Waals surface area (Å²) >= 11 is 0. The summed E-state index contributed by atoms with van der Waals surface area (Å²) in [6, 6.07) is 9.61. The van der Waals surface area contributed by atoms with Crippen LogP contribution in [0.25, 0.3) is 0 Å². The van der Waals surface area contributed by atoms with Crippen molar-refractivity contribution < 1.29 is 9.84 Å². The molecule has 1 aromatic rings.